The summed E-state index contributed by atoms with van der Waals surface area (Å²) in [7, 11) is 0. The molecule has 5 aliphatic rings. The smallest absolute Gasteiger partial charge is 0.246 e. The number of carbonyl (C=O) groups is 2. The van der Waals surface area contributed by atoms with E-state index < -0.39 is 40.0 Å². The molecule has 0 bridgehead atoms. The second kappa shape index (κ2) is 24.7. The molecule has 10 atom stereocenters. The van der Waals surface area contributed by atoms with Gasteiger partial charge in [-0.05, 0) is 159 Å². The largest absolute Gasteiger partial charge is 0.493 e. The third kappa shape index (κ3) is 18.8. The molecule has 7 rings (SSSR count). The number of ether oxygens (including phenoxy) is 10. The molecule has 10 unspecified atom stereocenters. The van der Waals surface area contributed by atoms with E-state index in [1.165, 1.54) is 0 Å². The molecule has 2 aromatic rings. The Morgan fingerprint density at radius 3 is 1.21 bits per heavy atom. The number of carbonyl (C=O) groups excluding carboxylic acids is 2. The molecule has 5 heterocycles. The Balaban J connectivity index is 1.15. The summed E-state index contributed by atoms with van der Waals surface area (Å²) in [4.78, 5) is 36.1. The van der Waals surface area contributed by atoms with Crippen molar-refractivity contribution < 1.29 is 57.0 Å². The topological polar surface area (TPSA) is 146 Å². The van der Waals surface area contributed by atoms with E-state index in [0.29, 0.717) is 45.3 Å². The Hall–Kier alpha value is -3.34. The zero-order chi connectivity index (χ0) is 59.0. The van der Waals surface area contributed by atoms with Gasteiger partial charge in [0, 0.05) is 60.4 Å². The lowest BCUT2D eigenvalue weighted by Crippen LogP contribution is -2.73. The number of hydrogen-bond donors (Lipinski definition) is 0. The second-order valence-corrected chi connectivity index (χ2v) is 29.8. The predicted octanol–water partition coefficient (Wildman–Crippen LogP) is 11.9. The van der Waals surface area contributed by atoms with E-state index in [-0.39, 0.29) is 77.1 Å². The highest BCUT2D eigenvalue weighted by molar-refractivity contribution is 5.98. The van der Waals surface area contributed by atoms with Gasteiger partial charge in [-0.1, -0.05) is 52.0 Å². The van der Waals surface area contributed by atoms with Crippen LogP contribution < -0.4 is 9.47 Å². The molecule has 2 aromatic carbocycles. The summed E-state index contributed by atoms with van der Waals surface area (Å²) in [5.74, 6) is 1.26. The Kier molecular flexibility index (Phi) is 19.8. The molecule has 0 spiro atoms. The van der Waals surface area contributed by atoms with Gasteiger partial charge in [-0.2, -0.15) is 0 Å². The molecule has 5 aliphatic heterocycles. The number of rotatable bonds is 34. The van der Waals surface area contributed by atoms with Gasteiger partial charge in [-0.3, -0.25) is 9.59 Å². The van der Waals surface area contributed by atoms with Crippen LogP contribution in [0.1, 0.15) is 188 Å². The first-order chi connectivity index (χ1) is 36.9. The van der Waals surface area contributed by atoms with E-state index in [2.05, 4.69) is 138 Å². The first-order valence-corrected chi connectivity index (χ1v) is 30.2. The summed E-state index contributed by atoms with van der Waals surface area (Å²) in [6.07, 6.45) is 5.09. The molecule has 0 radical (unpaired) electrons. The fraction of sp³-hybridized carbons (Fsp3) is 0.788. The third-order valence-electron chi connectivity index (χ3n) is 17.0. The summed E-state index contributed by atoms with van der Waals surface area (Å²) >= 11 is 0. The Labute approximate surface area is 482 Å². The maximum absolute atomic E-state index is 16.1. The van der Waals surface area contributed by atoms with Crippen molar-refractivity contribution in [2.24, 2.45) is 10.8 Å². The highest BCUT2D eigenvalue weighted by Gasteiger charge is 2.55. The van der Waals surface area contributed by atoms with Crippen LogP contribution in [-0.4, -0.2) is 156 Å². The fourth-order valence-electron chi connectivity index (χ4n) is 12.8. The number of epoxide rings is 4. The van der Waals surface area contributed by atoms with Crippen molar-refractivity contribution in [1.82, 2.24) is 9.80 Å². The minimum atomic E-state index is -0.822. The molecule has 5 fully saturated rings. The molecule has 0 saturated carbocycles. The Bertz CT molecular complexity index is 2340. The van der Waals surface area contributed by atoms with Crippen LogP contribution in [0, 0.1) is 10.8 Å². The van der Waals surface area contributed by atoms with Gasteiger partial charge < -0.3 is 57.2 Å². The van der Waals surface area contributed by atoms with E-state index in [4.69, 9.17) is 47.4 Å². The van der Waals surface area contributed by atoms with Crippen LogP contribution in [0.5, 0.6) is 11.5 Å². The summed E-state index contributed by atoms with van der Waals surface area (Å²) in [5, 5.41) is 0. The van der Waals surface area contributed by atoms with Crippen LogP contribution in [0.15, 0.2) is 48.5 Å². The van der Waals surface area contributed by atoms with E-state index >= 15 is 9.59 Å². The van der Waals surface area contributed by atoms with E-state index in [0.717, 1.165) is 68.3 Å². The van der Waals surface area contributed by atoms with Crippen LogP contribution in [0.4, 0.5) is 0 Å². The van der Waals surface area contributed by atoms with Gasteiger partial charge in [0.2, 0.25) is 11.8 Å². The van der Waals surface area contributed by atoms with Crippen LogP contribution in [0.3, 0.4) is 0 Å². The SMILES string of the molecule is CC(CC(C)(C)Oc1ccc(CC2C(=O)N(C(C)(C)CC(C)OC(C)(C)CC3CO3)C(Cc3ccc(OCC(C)(C)C(C)OCC(C)(C)C4CO4)cc3)C(=O)N2C(C)(C)CC(C)OC(C)(C)CC2CO2)cc1)OC(C)(C)CC1CO1. The van der Waals surface area contributed by atoms with Crippen molar-refractivity contribution in [3.05, 3.63) is 59.7 Å². The summed E-state index contributed by atoms with van der Waals surface area (Å²) in [6, 6.07) is 14.4. The first-order valence-electron chi connectivity index (χ1n) is 30.2. The van der Waals surface area contributed by atoms with Crippen molar-refractivity contribution in [3.63, 3.8) is 0 Å². The van der Waals surface area contributed by atoms with Gasteiger partial charge in [0.1, 0.15) is 29.2 Å². The van der Waals surface area contributed by atoms with Crippen LogP contribution in [0.25, 0.3) is 0 Å². The molecule has 2 amide bonds. The molecule has 0 aromatic heterocycles. The number of amides is 2. The van der Waals surface area contributed by atoms with Crippen molar-refractivity contribution in [1.29, 1.82) is 0 Å². The number of hydrogen-bond acceptors (Lipinski definition) is 12. The van der Waals surface area contributed by atoms with Gasteiger partial charge in [-0.15, -0.1) is 0 Å². The number of piperazine rings is 1. The first kappa shape index (κ1) is 64.2. The highest BCUT2D eigenvalue weighted by atomic mass is 16.6. The third-order valence-corrected chi connectivity index (χ3v) is 17.0. The van der Waals surface area contributed by atoms with Gasteiger partial charge >= 0.3 is 0 Å². The van der Waals surface area contributed by atoms with E-state index in [9.17, 15) is 0 Å². The Morgan fingerprint density at radius 1 is 0.487 bits per heavy atom. The van der Waals surface area contributed by atoms with Crippen molar-refractivity contribution in [3.8, 4) is 11.5 Å². The standard InChI is InChI=1S/C66H106N2O12/c1-43(77-64(15,16)34-51-37-71-51)31-61(9,10)67-54(29-47-21-25-49(26-22-47)76-41-59(5,6)46(4)75-42-60(7,8)56-40-74-56)57(69)68(62(11,12)32-44(2)78-65(17,18)35-52-38-72-52)55(58(67)70)30-48-23-27-50(28-24-48)80-63(13,14)33-45(3)79-66(19,20)36-53-39-73-53/h21-28,43-46,51-56H,29-42H2,1-20H3. The molecular weight excluding hydrogens is 1010 g/mol. The molecule has 5 saturated heterocycles. The van der Waals surface area contributed by atoms with Crippen LogP contribution in [0.2, 0.25) is 0 Å². The van der Waals surface area contributed by atoms with E-state index in [1.54, 1.807) is 0 Å². The van der Waals surface area contributed by atoms with Crippen molar-refractivity contribution in [2.75, 3.05) is 39.6 Å². The fourth-order valence-corrected chi connectivity index (χ4v) is 12.8. The number of nitrogens with zero attached hydrogens (tertiary/aromatic N) is 2. The normalized spacial score (nSPS) is 24.6. The molecule has 14 heteroatoms. The lowest BCUT2D eigenvalue weighted by molar-refractivity contribution is -0.179. The van der Waals surface area contributed by atoms with Crippen molar-refractivity contribution in [2.45, 2.75) is 284 Å². The van der Waals surface area contributed by atoms with Gasteiger partial charge in [0.25, 0.3) is 0 Å². The minimum absolute atomic E-state index is 0.0419. The van der Waals surface area contributed by atoms with Gasteiger partial charge in [0.05, 0.1) is 105 Å². The maximum atomic E-state index is 16.1. The average molecular weight is 1120 g/mol. The van der Waals surface area contributed by atoms with Gasteiger partial charge in [-0.25, -0.2) is 0 Å². The molecular formula is C66H106N2O12. The zero-order valence-electron chi connectivity index (χ0n) is 53.1. The monoisotopic (exact) mass is 1120 g/mol. The zero-order valence-corrected chi connectivity index (χ0v) is 53.1. The van der Waals surface area contributed by atoms with E-state index in [1.807, 2.05) is 58.3 Å². The lowest BCUT2D eigenvalue weighted by Gasteiger charge is -2.56. The number of benzene rings is 2. The lowest BCUT2D eigenvalue weighted by atomic mass is 9.82. The van der Waals surface area contributed by atoms with Crippen molar-refractivity contribution >= 4 is 11.8 Å². The molecule has 452 valence electrons. The molecule has 0 N–H and O–H groups in total. The second-order valence-electron chi connectivity index (χ2n) is 29.8. The summed E-state index contributed by atoms with van der Waals surface area (Å²) < 4.78 is 61.8. The van der Waals surface area contributed by atoms with Crippen LogP contribution in [-0.2, 0) is 60.3 Å². The summed E-state index contributed by atoms with van der Waals surface area (Å²) in [5.41, 5.74) is -1.79. The maximum Gasteiger partial charge on any atom is 0.246 e. The average Bonchev–Trinajstić information content (AvgIpc) is 4.07. The Morgan fingerprint density at radius 2 is 0.850 bits per heavy atom. The van der Waals surface area contributed by atoms with Crippen LogP contribution >= 0.6 is 0 Å². The summed E-state index contributed by atoms with van der Waals surface area (Å²) in [6.45, 7) is 46.4. The predicted molar refractivity (Wildman–Crippen MR) is 313 cm³/mol. The molecule has 80 heavy (non-hydrogen) atoms. The minimum Gasteiger partial charge on any atom is -0.493 e. The quantitative estimate of drug-likeness (QED) is 0.0615. The molecule has 0 aliphatic carbocycles. The highest BCUT2D eigenvalue weighted by Crippen LogP contribution is 2.41. The molecule has 14 nitrogen and oxygen atoms in total. The van der Waals surface area contributed by atoms with Gasteiger partial charge in [0.15, 0.2) is 0 Å².